The van der Waals surface area contributed by atoms with Crippen LogP contribution in [0.15, 0.2) is 18.2 Å². The fourth-order valence-electron chi connectivity index (χ4n) is 3.41. The van der Waals surface area contributed by atoms with Crippen LogP contribution in [0.1, 0.15) is 68.8 Å². The first kappa shape index (κ1) is 21.1. The second kappa shape index (κ2) is 8.63. The third kappa shape index (κ3) is 6.15. The Morgan fingerprint density at radius 2 is 1.81 bits per heavy atom. The van der Waals surface area contributed by atoms with Gasteiger partial charge in [-0.1, -0.05) is 25.3 Å². The Balaban J connectivity index is 2.05. The van der Waals surface area contributed by atoms with E-state index < -0.39 is 17.2 Å². The average Bonchev–Trinajstić information content (AvgIpc) is 2.59. The van der Waals surface area contributed by atoms with Crippen molar-refractivity contribution in [2.75, 3.05) is 13.7 Å². The van der Waals surface area contributed by atoms with Gasteiger partial charge in [-0.15, -0.1) is 0 Å². The van der Waals surface area contributed by atoms with Crippen molar-refractivity contribution in [3.05, 3.63) is 29.3 Å². The van der Waals surface area contributed by atoms with Gasteiger partial charge in [0.2, 0.25) is 0 Å². The third-order valence-corrected chi connectivity index (χ3v) is 4.83. The Kier molecular flexibility index (Phi) is 6.73. The topological polar surface area (TPSA) is 76.7 Å². The molecule has 0 aliphatic heterocycles. The van der Waals surface area contributed by atoms with Crippen LogP contribution in [0.5, 0.6) is 5.75 Å². The maximum atomic E-state index is 12.6. The van der Waals surface area contributed by atoms with Gasteiger partial charge in [0.15, 0.2) is 0 Å². The molecule has 0 atom stereocenters. The number of carbonyl (C=O) groups is 2. The molecule has 0 radical (unpaired) electrons. The van der Waals surface area contributed by atoms with Crippen LogP contribution in [0, 0.1) is 6.92 Å². The quantitative estimate of drug-likeness (QED) is 0.815. The molecule has 6 nitrogen and oxygen atoms in total. The molecule has 1 fully saturated rings. The fraction of sp³-hybridized carbons (Fsp3) is 0.619. The molecule has 1 aromatic carbocycles. The first-order valence-electron chi connectivity index (χ1n) is 9.58. The lowest BCUT2D eigenvalue weighted by Gasteiger charge is -2.38. The molecule has 2 rings (SSSR count). The van der Waals surface area contributed by atoms with E-state index in [1.54, 1.807) is 19.2 Å². The van der Waals surface area contributed by atoms with Gasteiger partial charge >= 0.3 is 6.09 Å². The first-order chi connectivity index (χ1) is 12.6. The summed E-state index contributed by atoms with van der Waals surface area (Å²) in [7, 11) is 1.59. The second-order valence-electron chi connectivity index (χ2n) is 8.33. The van der Waals surface area contributed by atoms with Crippen molar-refractivity contribution in [2.24, 2.45) is 0 Å². The normalized spacial score (nSPS) is 16.3. The number of methoxy groups -OCH3 is 1. The molecule has 0 aromatic heterocycles. The molecule has 2 amide bonds. The Labute approximate surface area is 162 Å². The highest BCUT2D eigenvalue weighted by Gasteiger charge is 2.35. The lowest BCUT2D eigenvalue weighted by Crippen LogP contribution is -2.57. The van der Waals surface area contributed by atoms with Gasteiger partial charge in [0, 0.05) is 12.1 Å². The zero-order valence-corrected chi connectivity index (χ0v) is 17.1. The van der Waals surface area contributed by atoms with Gasteiger partial charge in [-0.2, -0.15) is 0 Å². The van der Waals surface area contributed by atoms with E-state index in [1.807, 2.05) is 33.8 Å². The molecule has 0 unspecified atom stereocenters. The summed E-state index contributed by atoms with van der Waals surface area (Å²) < 4.78 is 10.7. The standard InChI is InChI=1S/C21H32N2O4/c1-15-9-10-16(13-17(15)26-5)18(24)22-14-21(11-7-6-8-12-21)23-19(25)27-20(2,3)4/h9-10,13H,6-8,11-12,14H2,1-5H3,(H,22,24)(H,23,25). The van der Waals surface area contributed by atoms with E-state index in [2.05, 4.69) is 10.6 Å². The highest BCUT2D eigenvalue weighted by Crippen LogP contribution is 2.28. The SMILES string of the molecule is COc1cc(C(=O)NCC2(NC(=O)OC(C)(C)C)CCCCC2)ccc1C. The molecule has 0 spiro atoms. The van der Waals surface area contributed by atoms with Crippen molar-refractivity contribution >= 4 is 12.0 Å². The molecule has 0 heterocycles. The largest absolute Gasteiger partial charge is 0.496 e. The number of benzene rings is 1. The lowest BCUT2D eigenvalue weighted by molar-refractivity contribution is 0.0419. The molecule has 2 N–H and O–H groups in total. The lowest BCUT2D eigenvalue weighted by atomic mass is 9.81. The minimum atomic E-state index is -0.554. The van der Waals surface area contributed by atoms with Gasteiger partial charge in [-0.3, -0.25) is 4.79 Å². The number of aryl methyl sites for hydroxylation is 1. The number of hydrogen-bond acceptors (Lipinski definition) is 4. The van der Waals surface area contributed by atoms with E-state index >= 15 is 0 Å². The maximum absolute atomic E-state index is 12.6. The predicted octanol–water partition coefficient (Wildman–Crippen LogP) is 3.96. The zero-order valence-electron chi connectivity index (χ0n) is 17.1. The van der Waals surface area contributed by atoms with Gasteiger partial charge in [-0.05, 0) is 58.2 Å². The van der Waals surface area contributed by atoms with Gasteiger partial charge in [-0.25, -0.2) is 4.79 Å². The van der Waals surface area contributed by atoms with E-state index in [1.165, 1.54) is 0 Å². The van der Waals surface area contributed by atoms with Crippen LogP contribution in [0.25, 0.3) is 0 Å². The molecular formula is C21H32N2O4. The highest BCUT2D eigenvalue weighted by atomic mass is 16.6. The van der Waals surface area contributed by atoms with Crippen LogP contribution in [0.2, 0.25) is 0 Å². The Hall–Kier alpha value is -2.24. The van der Waals surface area contributed by atoms with Crippen LogP contribution in [0.3, 0.4) is 0 Å². The molecule has 0 saturated heterocycles. The summed E-state index contributed by atoms with van der Waals surface area (Å²) in [5, 5.41) is 6.01. The van der Waals surface area contributed by atoms with Gasteiger partial charge in [0.25, 0.3) is 5.91 Å². The fourth-order valence-corrected chi connectivity index (χ4v) is 3.41. The third-order valence-electron chi connectivity index (χ3n) is 4.83. The van der Waals surface area contributed by atoms with Crippen molar-refractivity contribution < 1.29 is 19.1 Å². The Morgan fingerprint density at radius 1 is 1.15 bits per heavy atom. The molecule has 1 aliphatic carbocycles. The van der Waals surface area contributed by atoms with E-state index in [0.717, 1.165) is 37.7 Å². The van der Waals surface area contributed by atoms with E-state index in [4.69, 9.17) is 9.47 Å². The predicted molar refractivity (Wildman–Crippen MR) is 105 cm³/mol. The van der Waals surface area contributed by atoms with Crippen LogP contribution in [-0.4, -0.2) is 36.8 Å². The van der Waals surface area contributed by atoms with E-state index in [0.29, 0.717) is 17.9 Å². The molecule has 27 heavy (non-hydrogen) atoms. The molecule has 1 saturated carbocycles. The number of ether oxygens (including phenoxy) is 2. The van der Waals surface area contributed by atoms with Crippen molar-refractivity contribution in [1.29, 1.82) is 0 Å². The van der Waals surface area contributed by atoms with Crippen LogP contribution >= 0.6 is 0 Å². The summed E-state index contributed by atoms with van der Waals surface area (Å²) in [5.41, 5.74) is 0.497. The second-order valence-corrected chi connectivity index (χ2v) is 8.33. The molecular weight excluding hydrogens is 344 g/mol. The number of amides is 2. The minimum Gasteiger partial charge on any atom is -0.496 e. The van der Waals surface area contributed by atoms with Crippen LogP contribution < -0.4 is 15.4 Å². The molecule has 1 aromatic rings. The number of hydrogen-bond donors (Lipinski definition) is 2. The van der Waals surface area contributed by atoms with E-state index in [9.17, 15) is 9.59 Å². The number of alkyl carbamates (subject to hydrolysis) is 1. The van der Waals surface area contributed by atoms with Crippen molar-refractivity contribution in [2.45, 2.75) is 70.9 Å². The summed E-state index contributed by atoms with van der Waals surface area (Å²) >= 11 is 0. The Bertz CT molecular complexity index is 673. The van der Waals surface area contributed by atoms with Crippen molar-refractivity contribution in [3.63, 3.8) is 0 Å². The molecule has 150 valence electrons. The zero-order chi connectivity index (χ0) is 20.1. The highest BCUT2D eigenvalue weighted by molar-refractivity contribution is 5.94. The number of rotatable bonds is 5. The molecule has 0 bridgehead atoms. The summed E-state index contributed by atoms with van der Waals surface area (Å²) in [4.78, 5) is 24.9. The van der Waals surface area contributed by atoms with Crippen LogP contribution in [-0.2, 0) is 4.74 Å². The summed E-state index contributed by atoms with van der Waals surface area (Å²) in [6.45, 7) is 7.83. The van der Waals surface area contributed by atoms with Gasteiger partial charge < -0.3 is 20.1 Å². The van der Waals surface area contributed by atoms with Crippen molar-refractivity contribution in [1.82, 2.24) is 10.6 Å². The number of carbonyl (C=O) groups excluding carboxylic acids is 2. The monoisotopic (exact) mass is 376 g/mol. The summed E-state index contributed by atoms with van der Waals surface area (Å²) in [6.07, 6.45) is 4.39. The van der Waals surface area contributed by atoms with Crippen LogP contribution in [0.4, 0.5) is 4.79 Å². The molecule has 6 heteroatoms. The van der Waals surface area contributed by atoms with E-state index in [-0.39, 0.29) is 5.91 Å². The van der Waals surface area contributed by atoms with Gasteiger partial charge in [0.05, 0.1) is 12.6 Å². The number of nitrogens with one attached hydrogen (secondary N) is 2. The average molecular weight is 376 g/mol. The molecule has 1 aliphatic rings. The first-order valence-corrected chi connectivity index (χ1v) is 9.58. The van der Waals surface area contributed by atoms with Gasteiger partial charge in [0.1, 0.15) is 11.4 Å². The smallest absolute Gasteiger partial charge is 0.408 e. The summed E-state index contributed by atoms with van der Waals surface area (Å²) in [6, 6.07) is 5.38. The summed E-state index contributed by atoms with van der Waals surface area (Å²) in [5.74, 6) is 0.506. The van der Waals surface area contributed by atoms with Crippen molar-refractivity contribution in [3.8, 4) is 5.75 Å². The maximum Gasteiger partial charge on any atom is 0.408 e. The Morgan fingerprint density at radius 3 is 2.41 bits per heavy atom. The minimum absolute atomic E-state index is 0.177.